The van der Waals surface area contributed by atoms with Crippen LogP contribution in [0.1, 0.15) is 39.2 Å². The lowest BCUT2D eigenvalue weighted by atomic mass is 9.87. The fourth-order valence-electron chi connectivity index (χ4n) is 4.94. The Labute approximate surface area is 182 Å². The Bertz CT molecular complexity index is 862. The molecule has 2 atom stereocenters. The van der Waals surface area contributed by atoms with Crippen molar-refractivity contribution in [1.29, 1.82) is 0 Å². The molecule has 2 saturated carbocycles. The van der Waals surface area contributed by atoms with E-state index in [4.69, 9.17) is 4.43 Å². The standard InChI is InChI=1S/C26H33FNOSi/c1-25(2,3)19-9-11-21(12-10-19)30(20-7-5-4-6-8-20)29-18-26(13-14-26)17-28-15-22-23(16-28)24(22)27/h4-12,22-24H,13-18H2,1-3H3. The van der Waals surface area contributed by atoms with Gasteiger partial charge in [0.15, 0.2) is 0 Å². The van der Waals surface area contributed by atoms with Crippen molar-refractivity contribution in [3.63, 3.8) is 0 Å². The van der Waals surface area contributed by atoms with Gasteiger partial charge in [0.25, 0.3) is 9.04 Å². The third-order valence-corrected chi connectivity index (χ3v) is 9.40. The second-order valence-corrected chi connectivity index (χ2v) is 12.9. The summed E-state index contributed by atoms with van der Waals surface area (Å²) in [6.45, 7) is 10.6. The number of fused-ring (bicyclic) bond motifs is 1. The summed E-state index contributed by atoms with van der Waals surface area (Å²) in [5.41, 5.74) is 1.81. The summed E-state index contributed by atoms with van der Waals surface area (Å²) in [5.74, 6) is 0.652. The average molecular weight is 423 g/mol. The maximum atomic E-state index is 13.5. The van der Waals surface area contributed by atoms with E-state index in [-0.39, 0.29) is 5.41 Å². The van der Waals surface area contributed by atoms with E-state index in [0.29, 0.717) is 17.3 Å². The smallest absolute Gasteiger partial charge is 0.282 e. The van der Waals surface area contributed by atoms with Gasteiger partial charge in [-0.15, -0.1) is 0 Å². The van der Waals surface area contributed by atoms with E-state index >= 15 is 0 Å². The third kappa shape index (κ3) is 4.14. The average Bonchev–Trinajstić information content (AvgIpc) is 3.56. The van der Waals surface area contributed by atoms with Gasteiger partial charge in [0.05, 0.1) is 0 Å². The number of halogens is 1. The minimum atomic E-state index is -1.28. The molecule has 0 bridgehead atoms. The molecule has 2 aromatic rings. The maximum Gasteiger partial charge on any atom is 0.282 e. The predicted molar refractivity (Wildman–Crippen MR) is 123 cm³/mol. The van der Waals surface area contributed by atoms with Gasteiger partial charge >= 0.3 is 0 Å². The van der Waals surface area contributed by atoms with Crippen molar-refractivity contribution in [2.24, 2.45) is 17.3 Å². The highest BCUT2D eigenvalue weighted by atomic mass is 28.3. The van der Waals surface area contributed by atoms with Gasteiger partial charge in [0.2, 0.25) is 0 Å². The van der Waals surface area contributed by atoms with Gasteiger partial charge in [-0.25, -0.2) is 4.39 Å². The first-order valence-corrected chi connectivity index (χ1v) is 12.8. The molecule has 0 aromatic heterocycles. The number of hydrogen-bond donors (Lipinski definition) is 0. The highest BCUT2D eigenvalue weighted by molar-refractivity contribution is 6.80. The minimum Gasteiger partial charge on any atom is -0.407 e. The predicted octanol–water partition coefficient (Wildman–Crippen LogP) is 3.79. The summed E-state index contributed by atoms with van der Waals surface area (Å²) in [5, 5.41) is 2.63. The molecule has 30 heavy (non-hydrogen) atoms. The molecule has 3 fully saturated rings. The van der Waals surface area contributed by atoms with E-state index in [2.05, 4.69) is 80.3 Å². The lowest BCUT2D eigenvalue weighted by Crippen LogP contribution is -2.47. The van der Waals surface area contributed by atoms with E-state index in [1.807, 2.05) is 0 Å². The second kappa shape index (κ2) is 7.58. The molecule has 1 heterocycles. The van der Waals surface area contributed by atoms with Crippen LogP contribution < -0.4 is 10.4 Å². The first kappa shape index (κ1) is 20.4. The molecule has 4 heteroatoms. The van der Waals surface area contributed by atoms with Crippen LogP contribution in [0, 0.1) is 17.3 Å². The number of nitrogens with zero attached hydrogens (tertiary/aromatic N) is 1. The zero-order valence-electron chi connectivity index (χ0n) is 18.4. The van der Waals surface area contributed by atoms with Crippen molar-refractivity contribution in [2.75, 3.05) is 26.2 Å². The summed E-state index contributed by atoms with van der Waals surface area (Å²) >= 11 is 0. The van der Waals surface area contributed by atoms with Crippen molar-refractivity contribution in [3.05, 3.63) is 60.2 Å². The lowest BCUT2D eigenvalue weighted by molar-refractivity contribution is 0.164. The minimum absolute atomic E-state index is 0.159. The van der Waals surface area contributed by atoms with Crippen LogP contribution in [0.3, 0.4) is 0 Å². The normalized spacial score (nSPS) is 27.3. The van der Waals surface area contributed by atoms with Crippen LogP contribution in [0.2, 0.25) is 0 Å². The number of alkyl halides is 1. The van der Waals surface area contributed by atoms with Crippen molar-refractivity contribution >= 4 is 19.4 Å². The van der Waals surface area contributed by atoms with Gasteiger partial charge < -0.3 is 9.33 Å². The molecule has 159 valence electrons. The van der Waals surface area contributed by atoms with E-state index in [1.165, 1.54) is 28.8 Å². The van der Waals surface area contributed by atoms with Crippen LogP contribution in [0.5, 0.6) is 0 Å². The molecule has 1 radical (unpaired) electrons. The van der Waals surface area contributed by atoms with Crippen LogP contribution in [-0.2, 0) is 9.84 Å². The summed E-state index contributed by atoms with van der Waals surface area (Å²) in [6.07, 6.45) is 1.96. The fourth-order valence-corrected chi connectivity index (χ4v) is 7.02. The molecule has 3 aliphatic rings. The van der Waals surface area contributed by atoms with Crippen LogP contribution in [0.15, 0.2) is 54.6 Å². The molecule has 2 unspecified atom stereocenters. The van der Waals surface area contributed by atoms with E-state index in [9.17, 15) is 4.39 Å². The van der Waals surface area contributed by atoms with Gasteiger partial charge in [-0.3, -0.25) is 0 Å². The third-order valence-electron chi connectivity index (χ3n) is 7.25. The number of benzene rings is 2. The zero-order valence-corrected chi connectivity index (χ0v) is 19.4. The largest absolute Gasteiger partial charge is 0.407 e. The summed E-state index contributed by atoms with van der Waals surface area (Å²) in [7, 11) is -1.28. The van der Waals surface area contributed by atoms with Gasteiger partial charge in [-0.2, -0.15) is 0 Å². The Hall–Kier alpha value is -1.49. The molecule has 5 rings (SSSR count). The highest BCUT2D eigenvalue weighted by Crippen LogP contribution is 2.52. The van der Waals surface area contributed by atoms with Crippen LogP contribution in [0.4, 0.5) is 4.39 Å². The molecule has 0 N–H and O–H groups in total. The van der Waals surface area contributed by atoms with Crippen LogP contribution in [-0.4, -0.2) is 46.4 Å². The number of rotatable bonds is 7. The molecule has 2 aliphatic carbocycles. The summed E-state index contributed by atoms with van der Waals surface area (Å²) in [4.78, 5) is 2.49. The van der Waals surface area contributed by atoms with Crippen molar-refractivity contribution in [1.82, 2.24) is 4.90 Å². The van der Waals surface area contributed by atoms with Gasteiger partial charge in [0, 0.05) is 43.5 Å². The molecular formula is C26H33FNOSi. The quantitative estimate of drug-likeness (QED) is 0.630. The van der Waals surface area contributed by atoms with Gasteiger partial charge in [-0.05, 0) is 34.2 Å². The van der Waals surface area contributed by atoms with Crippen molar-refractivity contribution in [3.8, 4) is 0 Å². The first-order chi connectivity index (χ1) is 14.3. The fraction of sp³-hybridized carbons (Fsp3) is 0.538. The van der Waals surface area contributed by atoms with Crippen molar-refractivity contribution < 1.29 is 8.82 Å². The molecule has 0 spiro atoms. The van der Waals surface area contributed by atoms with Gasteiger partial charge in [0.1, 0.15) is 6.17 Å². The molecular weight excluding hydrogens is 389 g/mol. The number of hydrogen-bond acceptors (Lipinski definition) is 2. The Morgan fingerprint density at radius 3 is 2.13 bits per heavy atom. The SMILES string of the molecule is CC(C)(C)c1ccc([Si](OCC2(CN3CC4C(F)C4C3)CC2)c2ccccc2)cc1. The van der Waals surface area contributed by atoms with Crippen molar-refractivity contribution in [2.45, 2.75) is 45.2 Å². The molecule has 1 saturated heterocycles. The summed E-state index contributed by atoms with van der Waals surface area (Å²) in [6, 6.07) is 19.8. The molecule has 2 nitrogen and oxygen atoms in total. The highest BCUT2D eigenvalue weighted by Gasteiger charge is 2.58. The Morgan fingerprint density at radius 2 is 1.57 bits per heavy atom. The monoisotopic (exact) mass is 422 g/mol. The molecule has 1 aliphatic heterocycles. The van der Waals surface area contributed by atoms with E-state index < -0.39 is 15.2 Å². The van der Waals surface area contributed by atoms with Crippen LogP contribution >= 0.6 is 0 Å². The Kier molecular flexibility index (Phi) is 5.15. The summed E-state index contributed by atoms with van der Waals surface area (Å²) < 4.78 is 20.3. The molecule has 0 amide bonds. The Morgan fingerprint density at radius 1 is 0.967 bits per heavy atom. The number of piperidine rings is 1. The second-order valence-electron chi connectivity index (χ2n) is 10.8. The maximum absolute atomic E-state index is 13.5. The zero-order chi connectivity index (χ0) is 20.9. The topological polar surface area (TPSA) is 12.5 Å². The lowest BCUT2D eigenvalue weighted by Gasteiger charge is -2.27. The first-order valence-electron chi connectivity index (χ1n) is 11.4. The number of likely N-dealkylation sites (tertiary alicyclic amines) is 1. The van der Waals surface area contributed by atoms with Gasteiger partial charge in [-0.1, -0.05) is 75.4 Å². The molecule has 2 aromatic carbocycles. The van der Waals surface area contributed by atoms with E-state index in [0.717, 1.165) is 26.2 Å². The Balaban J connectivity index is 1.28. The van der Waals surface area contributed by atoms with E-state index in [1.54, 1.807) is 0 Å². The van der Waals surface area contributed by atoms with Crippen LogP contribution in [0.25, 0.3) is 0 Å².